The number of hydrogen-bond donors (Lipinski definition) is 4. The van der Waals surface area contributed by atoms with Crippen molar-refractivity contribution in [2.45, 2.75) is 27.9 Å². The summed E-state index contributed by atoms with van der Waals surface area (Å²) in [6, 6.07) is 12.7. The molecule has 0 saturated heterocycles. The summed E-state index contributed by atoms with van der Waals surface area (Å²) in [5.74, 6) is 3.36. The van der Waals surface area contributed by atoms with Gasteiger partial charge in [-0.3, -0.25) is 19.4 Å². The zero-order valence-electron chi connectivity index (χ0n) is 17.9. The molecular formula is C22H22N7O2S3+. The molecule has 1 atom stereocenters. The van der Waals surface area contributed by atoms with E-state index in [4.69, 9.17) is 0 Å². The fraction of sp³-hybridized carbons (Fsp3) is 0.182. The third-order valence-electron chi connectivity index (χ3n) is 5.62. The van der Waals surface area contributed by atoms with Crippen LogP contribution in [0.15, 0.2) is 86.4 Å². The van der Waals surface area contributed by atoms with Crippen LogP contribution < -0.4 is 14.9 Å². The van der Waals surface area contributed by atoms with Crippen molar-refractivity contribution in [1.29, 1.82) is 0 Å². The molecule has 0 amide bonds. The van der Waals surface area contributed by atoms with Crippen LogP contribution in [0.2, 0.25) is 0 Å². The third-order valence-corrected chi connectivity index (χ3v) is 9.35. The maximum atomic E-state index is 12.4. The largest absolute Gasteiger partial charge is 0.300 e. The smallest absolute Gasteiger partial charge is 0.271 e. The molecule has 4 N–H and O–H groups in total. The second-order valence-corrected chi connectivity index (χ2v) is 12.2. The van der Waals surface area contributed by atoms with Gasteiger partial charge in [-0.2, -0.15) is 5.10 Å². The topological polar surface area (TPSA) is 107 Å². The van der Waals surface area contributed by atoms with E-state index in [2.05, 4.69) is 41.8 Å². The van der Waals surface area contributed by atoms with Crippen LogP contribution >= 0.6 is 23.3 Å². The first-order valence-electron chi connectivity index (χ1n) is 10.8. The summed E-state index contributed by atoms with van der Waals surface area (Å²) in [6.45, 7) is 0.666. The lowest BCUT2D eigenvalue weighted by Gasteiger charge is -2.27. The lowest BCUT2D eigenvalue weighted by Crippen LogP contribution is -3.10. The molecular weight excluding hydrogens is 490 g/mol. The number of nitrogens with one attached hydrogen (secondary N) is 4. The first-order valence-corrected chi connectivity index (χ1v) is 13.9. The molecule has 1 aromatic carbocycles. The van der Waals surface area contributed by atoms with Crippen LogP contribution in [0.25, 0.3) is 0 Å². The van der Waals surface area contributed by atoms with Crippen LogP contribution in [0.1, 0.15) is 24.5 Å². The number of aromatic nitrogens is 2. The van der Waals surface area contributed by atoms with E-state index in [0.29, 0.717) is 22.4 Å². The van der Waals surface area contributed by atoms with Crippen LogP contribution in [0.3, 0.4) is 0 Å². The first kappa shape index (κ1) is 21.5. The van der Waals surface area contributed by atoms with Gasteiger partial charge in [0.05, 0.1) is 12.4 Å². The van der Waals surface area contributed by atoms with E-state index in [1.165, 1.54) is 29.9 Å². The van der Waals surface area contributed by atoms with E-state index in [-0.39, 0.29) is 0 Å². The van der Waals surface area contributed by atoms with Crippen molar-refractivity contribution in [2.24, 2.45) is 4.99 Å². The van der Waals surface area contributed by atoms with Gasteiger partial charge in [0, 0.05) is 28.3 Å². The normalized spacial score (nSPS) is 19.5. The number of rotatable bonds is 8. The van der Waals surface area contributed by atoms with Crippen molar-refractivity contribution in [3.63, 3.8) is 0 Å². The number of hydrogen-bond acceptors (Lipinski definition) is 8. The predicted molar refractivity (Wildman–Crippen MR) is 134 cm³/mol. The Morgan fingerprint density at radius 3 is 2.82 bits per heavy atom. The second-order valence-electron chi connectivity index (χ2n) is 8.18. The number of thiophene rings is 1. The number of quaternary nitrogens is 1. The maximum absolute atomic E-state index is 12.4. The molecule has 1 unspecified atom stereocenters. The molecule has 2 aromatic heterocycles. The Morgan fingerprint density at radius 1 is 1.21 bits per heavy atom. The fourth-order valence-corrected chi connectivity index (χ4v) is 6.71. The molecule has 1 aliphatic carbocycles. The molecule has 1 saturated carbocycles. The SMILES string of the molecule is O=S(=O)(Nc1ccc(SN2C=C(Nc3cc(C4CC4)[nH]n3)[NH+]3C=CN=C3C2)cc1)c1cccs1. The first-order chi connectivity index (χ1) is 16.5. The number of amidine groups is 1. The number of fused-ring (bicyclic) bond motifs is 1. The Balaban J connectivity index is 1.16. The summed E-state index contributed by atoms with van der Waals surface area (Å²) in [7, 11) is -3.56. The van der Waals surface area contributed by atoms with Crippen molar-refractivity contribution in [2.75, 3.05) is 16.6 Å². The molecule has 9 nitrogen and oxygen atoms in total. The van der Waals surface area contributed by atoms with Crippen molar-refractivity contribution in [3.05, 3.63) is 78.0 Å². The zero-order chi connectivity index (χ0) is 23.1. The van der Waals surface area contributed by atoms with Crippen LogP contribution in [-0.4, -0.2) is 35.3 Å². The van der Waals surface area contributed by atoms with Crippen molar-refractivity contribution in [1.82, 2.24) is 14.5 Å². The van der Waals surface area contributed by atoms with Crippen molar-refractivity contribution < 1.29 is 13.3 Å². The van der Waals surface area contributed by atoms with Crippen LogP contribution in [-0.2, 0) is 10.0 Å². The van der Waals surface area contributed by atoms with Crippen LogP contribution in [0, 0.1) is 0 Å². The maximum Gasteiger partial charge on any atom is 0.271 e. The van der Waals surface area contributed by atoms with Gasteiger partial charge >= 0.3 is 0 Å². The summed E-state index contributed by atoms with van der Waals surface area (Å²) >= 11 is 2.76. The highest BCUT2D eigenvalue weighted by Crippen LogP contribution is 2.39. The highest BCUT2D eigenvalue weighted by atomic mass is 32.2. The van der Waals surface area contributed by atoms with E-state index < -0.39 is 10.0 Å². The average molecular weight is 513 g/mol. The van der Waals surface area contributed by atoms with Gasteiger partial charge in [-0.05, 0) is 60.5 Å². The molecule has 174 valence electrons. The summed E-state index contributed by atoms with van der Waals surface area (Å²) in [5, 5.41) is 12.7. The van der Waals surface area contributed by atoms with E-state index in [1.807, 2.05) is 24.5 Å². The number of anilines is 2. The molecule has 4 heterocycles. The molecule has 0 radical (unpaired) electrons. The minimum Gasteiger partial charge on any atom is -0.300 e. The lowest BCUT2D eigenvalue weighted by atomic mass is 10.3. The summed E-state index contributed by atoms with van der Waals surface area (Å²) < 4.78 is 29.9. The molecule has 1 fully saturated rings. The molecule has 3 aromatic rings. The second kappa shape index (κ2) is 8.62. The zero-order valence-corrected chi connectivity index (χ0v) is 20.4. The summed E-state index contributed by atoms with van der Waals surface area (Å²) in [5.41, 5.74) is 1.71. The minimum absolute atomic E-state index is 0.295. The standard InChI is InChI=1S/C22H21N7O2S3/c30-34(31,22-2-1-11-32-22)27-16-5-7-17(8-6-16)33-28-13-20-23-9-10-29(20)21(14-28)24-19-12-18(25-26-19)15-3-4-15/h1-2,5-12,14-15,27H,3-4,13H2,(H2,24,25,26)/p+1. The minimum atomic E-state index is -3.56. The Hall–Kier alpha value is -3.06. The number of H-pyrrole nitrogens is 1. The predicted octanol–water partition coefficient (Wildman–Crippen LogP) is 3.15. The third kappa shape index (κ3) is 4.49. The van der Waals surface area contributed by atoms with E-state index in [1.54, 1.807) is 41.6 Å². The highest BCUT2D eigenvalue weighted by molar-refractivity contribution is 7.97. The molecule has 3 aliphatic rings. The Labute approximate surface area is 205 Å². The van der Waals surface area contributed by atoms with Gasteiger partial charge in [-0.25, -0.2) is 18.3 Å². The van der Waals surface area contributed by atoms with Crippen molar-refractivity contribution >= 4 is 50.6 Å². The highest BCUT2D eigenvalue weighted by Gasteiger charge is 2.32. The summed E-state index contributed by atoms with van der Waals surface area (Å²) in [4.78, 5) is 6.58. The van der Waals surface area contributed by atoms with Crippen LogP contribution in [0.4, 0.5) is 11.5 Å². The quantitative estimate of drug-likeness (QED) is 0.346. The van der Waals surface area contributed by atoms with Gasteiger partial charge in [-0.15, -0.1) is 11.3 Å². The van der Waals surface area contributed by atoms with Crippen molar-refractivity contribution in [3.8, 4) is 0 Å². The fourth-order valence-electron chi connectivity index (χ4n) is 3.79. The molecule has 2 aliphatic heterocycles. The lowest BCUT2D eigenvalue weighted by molar-refractivity contribution is -0.699. The Morgan fingerprint density at radius 2 is 2.06 bits per heavy atom. The number of benzene rings is 1. The Bertz CT molecular complexity index is 1390. The van der Waals surface area contributed by atoms with Gasteiger partial charge in [0.15, 0.2) is 5.82 Å². The monoisotopic (exact) mass is 512 g/mol. The number of nitrogens with zero attached hydrogens (tertiary/aromatic N) is 3. The number of sulfonamides is 1. The van der Waals surface area contributed by atoms with Gasteiger partial charge in [0.1, 0.15) is 17.0 Å². The molecule has 6 rings (SSSR count). The number of aliphatic imine (C=N–C) groups is 1. The molecule has 0 bridgehead atoms. The summed E-state index contributed by atoms with van der Waals surface area (Å²) in [6.07, 6.45) is 8.34. The van der Waals surface area contributed by atoms with Gasteiger partial charge in [0.25, 0.3) is 10.0 Å². The van der Waals surface area contributed by atoms with E-state index >= 15 is 0 Å². The molecule has 12 heteroatoms. The van der Waals surface area contributed by atoms with Crippen LogP contribution in [0.5, 0.6) is 0 Å². The average Bonchev–Trinajstić information content (AvgIpc) is 3.23. The molecule has 0 spiro atoms. The van der Waals surface area contributed by atoms with Gasteiger partial charge in [0.2, 0.25) is 11.7 Å². The van der Waals surface area contributed by atoms with E-state index in [0.717, 1.165) is 27.3 Å². The Kier molecular flexibility index (Phi) is 5.44. The van der Waals surface area contributed by atoms with E-state index in [9.17, 15) is 8.42 Å². The number of aromatic amines is 1. The van der Waals surface area contributed by atoms with Gasteiger partial charge < -0.3 is 0 Å². The molecule has 34 heavy (non-hydrogen) atoms. The van der Waals surface area contributed by atoms with Gasteiger partial charge in [-0.1, -0.05) is 6.07 Å².